The minimum Gasteiger partial charge on any atom is -0.462 e. The molecule has 1 atom stereocenters. The van der Waals surface area contributed by atoms with Crippen molar-refractivity contribution in [3.8, 4) is 0 Å². The number of carbonyl (C=O) groups excluding carboxylic acids is 3. The van der Waals surface area contributed by atoms with Crippen molar-refractivity contribution in [2.24, 2.45) is 11.8 Å². The summed E-state index contributed by atoms with van der Waals surface area (Å²) in [5, 5.41) is 0. The highest BCUT2D eigenvalue weighted by Gasteiger charge is 2.19. The Labute approximate surface area is 329 Å². The Morgan fingerprint density at radius 2 is 0.623 bits per heavy atom. The van der Waals surface area contributed by atoms with Gasteiger partial charge in [0.25, 0.3) is 0 Å². The molecule has 0 aromatic rings. The number of carbonyl (C=O) groups is 3. The molecule has 0 bridgehead atoms. The van der Waals surface area contributed by atoms with Crippen LogP contribution in [-0.4, -0.2) is 37.2 Å². The summed E-state index contributed by atoms with van der Waals surface area (Å²) < 4.78 is 16.7. The molecule has 0 amide bonds. The van der Waals surface area contributed by atoms with Gasteiger partial charge in [-0.15, -0.1) is 0 Å². The predicted molar refractivity (Wildman–Crippen MR) is 224 cm³/mol. The number of rotatable bonds is 41. The van der Waals surface area contributed by atoms with Gasteiger partial charge in [-0.25, -0.2) is 0 Å². The highest BCUT2D eigenvalue weighted by molar-refractivity contribution is 5.71. The topological polar surface area (TPSA) is 78.9 Å². The van der Waals surface area contributed by atoms with E-state index in [-0.39, 0.29) is 31.1 Å². The van der Waals surface area contributed by atoms with E-state index < -0.39 is 6.10 Å². The van der Waals surface area contributed by atoms with Crippen LogP contribution in [0, 0.1) is 11.8 Å². The van der Waals surface area contributed by atoms with E-state index in [1.54, 1.807) is 0 Å². The lowest BCUT2D eigenvalue weighted by Crippen LogP contribution is -2.30. The molecular weight excluding hydrogens is 661 g/mol. The number of unbranched alkanes of at least 4 members (excludes halogenated alkanes) is 26. The molecule has 0 N–H and O–H groups in total. The number of ether oxygens (including phenoxy) is 3. The zero-order chi connectivity index (χ0) is 39.0. The van der Waals surface area contributed by atoms with Crippen molar-refractivity contribution >= 4 is 17.9 Å². The first-order valence-electron chi connectivity index (χ1n) is 23.2. The van der Waals surface area contributed by atoms with E-state index in [0.717, 1.165) is 69.6 Å². The number of esters is 3. The summed E-state index contributed by atoms with van der Waals surface area (Å²) >= 11 is 0. The van der Waals surface area contributed by atoms with Gasteiger partial charge in [-0.05, 0) is 31.1 Å². The molecule has 53 heavy (non-hydrogen) atoms. The van der Waals surface area contributed by atoms with Crippen molar-refractivity contribution in [2.75, 3.05) is 13.2 Å². The molecule has 0 aromatic heterocycles. The quantitative estimate of drug-likeness (QED) is 0.0352. The van der Waals surface area contributed by atoms with E-state index in [1.807, 2.05) is 0 Å². The predicted octanol–water partition coefficient (Wildman–Crippen LogP) is 14.6. The highest BCUT2D eigenvalue weighted by atomic mass is 16.6. The van der Waals surface area contributed by atoms with E-state index in [1.165, 1.54) is 141 Å². The second-order valence-electron chi connectivity index (χ2n) is 17.0. The molecule has 0 heterocycles. The summed E-state index contributed by atoms with van der Waals surface area (Å²) in [4.78, 5) is 37.7. The first kappa shape index (κ1) is 51.4. The minimum absolute atomic E-state index is 0.0655. The average Bonchev–Trinajstić information content (AvgIpc) is 3.12. The van der Waals surface area contributed by atoms with Gasteiger partial charge in [0.05, 0.1) is 0 Å². The van der Waals surface area contributed by atoms with E-state index >= 15 is 0 Å². The molecule has 0 spiro atoms. The maximum Gasteiger partial charge on any atom is 0.306 e. The molecule has 0 aliphatic heterocycles. The van der Waals surface area contributed by atoms with Crippen LogP contribution in [0.15, 0.2) is 0 Å². The summed E-state index contributed by atoms with van der Waals surface area (Å²) in [6.07, 6.45) is 38.1. The second kappa shape index (κ2) is 40.1. The van der Waals surface area contributed by atoms with Crippen molar-refractivity contribution in [3.63, 3.8) is 0 Å². The smallest absolute Gasteiger partial charge is 0.306 e. The molecule has 6 heteroatoms. The molecule has 0 aromatic carbocycles. The van der Waals surface area contributed by atoms with Gasteiger partial charge in [0.1, 0.15) is 13.2 Å². The molecule has 0 saturated heterocycles. The lowest BCUT2D eigenvalue weighted by atomic mass is 10.0. The van der Waals surface area contributed by atoms with Gasteiger partial charge >= 0.3 is 17.9 Å². The Morgan fingerprint density at radius 3 is 0.925 bits per heavy atom. The van der Waals surface area contributed by atoms with Crippen LogP contribution in [0.4, 0.5) is 0 Å². The van der Waals surface area contributed by atoms with E-state index in [0.29, 0.717) is 19.3 Å². The first-order valence-corrected chi connectivity index (χ1v) is 23.2. The molecule has 0 rings (SSSR count). The Balaban J connectivity index is 4.32. The largest absolute Gasteiger partial charge is 0.462 e. The Morgan fingerprint density at radius 1 is 0.358 bits per heavy atom. The van der Waals surface area contributed by atoms with Crippen LogP contribution in [-0.2, 0) is 28.6 Å². The maximum atomic E-state index is 12.7. The summed E-state index contributed by atoms with van der Waals surface area (Å²) in [5.41, 5.74) is 0. The van der Waals surface area contributed by atoms with Crippen LogP contribution in [0.25, 0.3) is 0 Å². The van der Waals surface area contributed by atoms with Gasteiger partial charge in [0, 0.05) is 19.3 Å². The molecular formula is C47H90O6. The molecule has 6 nitrogen and oxygen atoms in total. The SMILES string of the molecule is CCCCCCCCCCCCCCCC(=O)O[C@@H](COC(=O)CCCCCCCCCCCCC(C)C)COC(=O)CCCCCCCCC(C)C. The zero-order valence-corrected chi connectivity index (χ0v) is 36.1. The standard InChI is InChI=1S/C47H90O6/c1-6-7-8-9-10-11-12-13-14-19-22-29-34-39-47(50)53-44(41-52-46(49)38-33-28-24-23-26-31-36-43(4)5)40-51-45(48)37-32-27-21-18-16-15-17-20-25-30-35-42(2)3/h42-44H,6-41H2,1-5H3/t44-/m0/s1. The average molecular weight is 751 g/mol. The fourth-order valence-corrected chi connectivity index (χ4v) is 6.93. The van der Waals surface area contributed by atoms with Crippen molar-refractivity contribution in [2.45, 2.75) is 259 Å². The van der Waals surface area contributed by atoms with Gasteiger partial charge < -0.3 is 14.2 Å². The van der Waals surface area contributed by atoms with Crippen LogP contribution in [0.2, 0.25) is 0 Å². The van der Waals surface area contributed by atoms with Crippen LogP contribution >= 0.6 is 0 Å². The highest BCUT2D eigenvalue weighted by Crippen LogP contribution is 2.16. The third-order valence-corrected chi connectivity index (χ3v) is 10.5. The summed E-state index contributed by atoms with van der Waals surface area (Å²) in [6, 6.07) is 0. The fraction of sp³-hybridized carbons (Fsp3) is 0.936. The maximum absolute atomic E-state index is 12.7. The third-order valence-electron chi connectivity index (χ3n) is 10.5. The summed E-state index contributed by atoms with van der Waals surface area (Å²) in [6.45, 7) is 11.3. The Bertz CT molecular complexity index is 809. The van der Waals surface area contributed by atoms with Crippen LogP contribution < -0.4 is 0 Å². The van der Waals surface area contributed by atoms with Gasteiger partial charge in [-0.1, -0.05) is 214 Å². The molecule has 0 radical (unpaired) electrons. The van der Waals surface area contributed by atoms with Crippen molar-refractivity contribution in [1.29, 1.82) is 0 Å². The lowest BCUT2D eigenvalue weighted by Gasteiger charge is -2.18. The molecule has 0 unspecified atom stereocenters. The molecule has 0 aliphatic carbocycles. The Hall–Kier alpha value is -1.59. The summed E-state index contributed by atoms with van der Waals surface area (Å²) in [5.74, 6) is 0.721. The molecule has 0 fully saturated rings. The molecule has 314 valence electrons. The van der Waals surface area contributed by atoms with E-state index in [2.05, 4.69) is 34.6 Å². The van der Waals surface area contributed by atoms with Crippen molar-refractivity contribution in [1.82, 2.24) is 0 Å². The number of hydrogen-bond donors (Lipinski definition) is 0. The van der Waals surface area contributed by atoms with Gasteiger partial charge in [-0.2, -0.15) is 0 Å². The number of hydrogen-bond acceptors (Lipinski definition) is 6. The normalized spacial score (nSPS) is 12.1. The van der Waals surface area contributed by atoms with Gasteiger partial charge in [0.2, 0.25) is 0 Å². The van der Waals surface area contributed by atoms with Crippen molar-refractivity contribution < 1.29 is 28.6 Å². The molecule has 0 saturated carbocycles. The van der Waals surface area contributed by atoms with Gasteiger partial charge in [0.15, 0.2) is 6.10 Å². The van der Waals surface area contributed by atoms with Crippen LogP contribution in [0.1, 0.15) is 253 Å². The van der Waals surface area contributed by atoms with Gasteiger partial charge in [-0.3, -0.25) is 14.4 Å². The van der Waals surface area contributed by atoms with E-state index in [4.69, 9.17) is 14.2 Å². The van der Waals surface area contributed by atoms with Crippen molar-refractivity contribution in [3.05, 3.63) is 0 Å². The fourth-order valence-electron chi connectivity index (χ4n) is 6.93. The third kappa shape index (κ3) is 41.4. The monoisotopic (exact) mass is 751 g/mol. The summed E-state index contributed by atoms with van der Waals surface area (Å²) in [7, 11) is 0. The van der Waals surface area contributed by atoms with Crippen LogP contribution in [0.5, 0.6) is 0 Å². The molecule has 0 aliphatic rings. The van der Waals surface area contributed by atoms with Crippen LogP contribution in [0.3, 0.4) is 0 Å². The minimum atomic E-state index is -0.760. The zero-order valence-electron chi connectivity index (χ0n) is 36.1. The Kier molecular flexibility index (Phi) is 38.9. The lowest BCUT2D eigenvalue weighted by molar-refractivity contribution is -0.167. The first-order chi connectivity index (χ1) is 25.7. The second-order valence-corrected chi connectivity index (χ2v) is 17.0. The van der Waals surface area contributed by atoms with E-state index in [9.17, 15) is 14.4 Å².